The van der Waals surface area contributed by atoms with Crippen molar-refractivity contribution in [2.45, 2.75) is 6.42 Å². The van der Waals surface area contributed by atoms with Crippen molar-refractivity contribution in [3.8, 4) is 0 Å². The largest absolute Gasteiger partial charge is 0.370 e. The molecule has 0 aromatic carbocycles. The Kier molecular flexibility index (Phi) is 3.48. The van der Waals surface area contributed by atoms with Crippen molar-refractivity contribution in [1.29, 1.82) is 0 Å². The van der Waals surface area contributed by atoms with Gasteiger partial charge in [0.2, 0.25) is 0 Å². The third-order valence-electron chi connectivity index (χ3n) is 2.23. The molecule has 2 heterocycles. The molecule has 1 aliphatic heterocycles. The number of hydrogen-bond donors (Lipinski definition) is 1. The van der Waals surface area contributed by atoms with Gasteiger partial charge in [0, 0.05) is 12.6 Å². The molecule has 1 aromatic heterocycles. The van der Waals surface area contributed by atoms with Crippen molar-refractivity contribution >= 4 is 29.2 Å². The molecule has 5 heteroatoms. The maximum absolute atomic E-state index is 5.75. The van der Waals surface area contributed by atoms with Crippen LogP contribution in [0.2, 0.25) is 5.15 Å². The highest BCUT2D eigenvalue weighted by Gasteiger charge is 2.14. The van der Waals surface area contributed by atoms with Gasteiger partial charge in [0.1, 0.15) is 17.3 Å². The number of halogens is 1. The monoisotopic (exact) mass is 229 g/mol. The van der Waals surface area contributed by atoms with E-state index in [1.54, 1.807) is 6.07 Å². The topological polar surface area (TPSA) is 37.8 Å². The Bertz CT molecular complexity index is 302. The molecule has 1 N–H and O–H groups in total. The van der Waals surface area contributed by atoms with Crippen LogP contribution >= 0.6 is 23.4 Å². The number of nitrogens with one attached hydrogen (secondary N) is 1. The average Bonchev–Trinajstić information content (AvgIpc) is 2.67. The fourth-order valence-electron chi connectivity index (χ4n) is 1.42. The Balaban J connectivity index is 1.85. The molecular formula is C9H12ClN3S. The number of anilines is 1. The second kappa shape index (κ2) is 4.84. The minimum atomic E-state index is 0.489. The summed E-state index contributed by atoms with van der Waals surface area (Å²) >= 11 is 7.77. The quantitative estimate of drug-likeness (QED) is 0.808. The Morgan fingerprint density at radius 2 is 2.50 bits per heavy atom. The molecule has 0 spiro atoms. The minimum absolute atomic E-state index is 0.489. The van der Waals surface area contributed by atoms with Crippen molar-refractivity contribution < 1.29 is 0 Å². The SMILES string of the molecule is Clc1cc(NCC2CCSC2)ncn1. The van der Waals surface area contributed by atoms with Crippen LogP contribution < -0.4 is 5.32 Å². The molecule has 1 aromatic rings. The van der Waals surface area contributed by atoms with Crippen LogP contribution in [0, 0.1) is 5.92 Å². The van der Waals surface area contributed by atoms with Gasteiger partial charge >= 0.3 is 0 Å². The summed E-state index contributed by atoms with van der Waals surface area (Å²) in [5, 5.41) is 3.77. The maximum atomic E-state index is 5.75. The number of hydrogen-bond acceptors (Lipinski definition) is 4. The first-order chi connectivity index (χ1) is 6.84. The van der Waals surface area contributed by atoms with Crippen LogP contribution in [0.1, 0.15) is 6.42 Å². The molecule has 0 radical (unpaired) electrons. The average molecular weight is 230 g/mol. The molecule has 1 fully saturated rings. The number of thioether (sulfide) groups is 1. The van der Waals surface area contributed by atoms with Crippen LogP contribution in [0.25, 0.3) is 0 Å². The van der Waals surface area contributed by atoms with Crippen LogP contribution in [0.4, 0.5) is 5.82 Å². The highest BCUT2D eigenvalue weighted by Crippen LogP contribution is 2.23. The molecule has 0 aliphatic carbocycles. The first-order valence-corrected chi connectivity index (χ1v) is 6.17. The summed E-state index contributed by atoms with van der Waals surface area (Å²) in [6.07, 6.45) is 2.78. The van der Waals surface area contributed by atoms with E-state index in [4.69, 9.17) is 11.6 Å². The second-order valence-electron chi connectivity index (χ2n) is 3.34. The van der Waals surface area contributed by atoms with Gasteiger partial charge in [0.15, 0.2) is 0 Å². The van der Waals surface area contributed by atoms with Gasteiger partial charge in [-0.2, -0.15) is 11.8 Å². The van der Waals surface area contributed by atoms with Crippen molar-refractivity contribution in [1.82, 2.24) is 9.97 Å². The lowest BCUT2D eigenvalue weighted by atomic mass is 10.1. The molecule has 14 heavy (non-hydrogen) atoms. The first-order valence-electron chi connectivity index (χ1n) is 4.64. The van der Waals surface area contributed by atoms with E-state index in [9.17, 15) is 0 Å². The number of aromatic nitrogens is 2. The molecule has 1 saturated heterocycles. The molecule has 0 bridgehead atoms. The fraction of sp³-hybridized carbons (Fsp3) is 0.556. The molecule has 1 atom stereocenters. The number of nitrogens with zero attached hydrogens (tertiary/aromatic N) is 2. The summed E-state index contributed by atoms with van der Waals surface area (Å²) in [6, 6.07) is 1.75. The Morgan fingerprint density at radius 3 is 3.21 bits per heavy atom. The van der Waals surface area contributed by atoms with E-state index in [0.29, 0.717) is 5.15 Å². The van der Waals surface area contributed by atoms with Gasteiger partial charge < -0.3 is 5.32 Å². The van der Waals surface area contributed by atoms with E-state index in [1.165, 1.54) is 24.3 Å². The zero-order chi connectivity index (χ0) is 9.80. The highest BCUT2D eigenvalue weighted by atomic mass is 35.5. The maximum Gasteiger partial charge on any atom is 0.134 e. The van der Waals surface area contributed by atoms with Gasteiger partial charge in [-0.15, -0.1) is 0 Å². The lowest BCUT2D eigenvalue weighted by Crippen LogP contribution is -2.14. The number of rotatable bonds is 3. The van der Waals surface area contributed by atoms with Gasteiger partial charge in [-0.05, 0) is 23.8 Å². The van der Waals surface area contributed by atoms with Crippen LogP contribution in [0.5, 0.6) is 0 Å². The van der Waals surface area contributed by atoms with E-state index < -0.39 is 0 Å². The molecule has 0 amide bonds. The smallest absolute Gasteiger partial charge is 0.134 e. The van der Waals surface area contributed by atoms with E-state index in [-0.39, 0.29) is 0 Å². The summed E-state index contributed by atoms with van der Waals surface area (Å²) in [4.78, 5) is 7.92. The summed E-state index contributed by atoms with van der Waals surface area (Å²) < 4.78 is 0. The van der Waals surface area contributed by atoms with Crippen LogP contribution in [-0.4, -0.2) is 28.0 Å². The predicted molar refractivity (Wildman–Crippen MR) is 61.0 cm³/mol. The zero-order valence-corrected chi connectivity index (χ0v) is 9.31. The van der Waals surface area contributed by atoms with Gasteiger partial charge in [0.05, 0.1) is 0 Å². The van der Waals surface area contributed by atoms with Crippen LogP contribution in [-0.2, 0) is 0 Å². The predicted octanol–water partition coefficient (Wildman–Crippen LogP) is 2.29. The lowest BCUT2D eigenvalue weighted by molar-refractivity contribution is 0.630. The molecule has 2 rings (SSSR count). The van der Waals surface area contributed by atoms with E-state index in [2.05, 4.69) is 15.3 Å². The van der Waals surface area contributed by atoms with Crippen LogP contribution in [0.15, 0.2) is 12.4 Å². The minimum Gasteiger partial charge on any atom is -0.370 e. The second-order valence-corrected chi connectivity index (χ2v) is 4.87. The van der Waals surface area contributed by atoms with Crippen molar-refractivity contribution in [2.24, 2.45) is 5.92 Å². The van der Waals surface area contributed by atoms with Crippen molar-refractivity contribution in [3.63, 3.8) is 0 Å². The Morgan fingerprint density at radius 1 is 1.57 bits per heavy atom. The fourth-order valence-corrected chi connectivity index (χ4v) is 2.85. The summed E-state index contributed by atoms with van der Waals surface area (Å²) in [5.41, 5.74) is 0. The Hall–Kier alpha value is -0.480. The van der Waals surface area contributed by atoms with Crippen molar-refractivity contribution in [2.75, 3.05) is 23.4 Å². The van der Waals surface area contributed by atoms with Gasteiger partial charge in [0.25, 0.3) is 0 Å². The molecule has 76 valence electrons. The van der Waals surface area contributed by atoms with E-state index in [1.807, 2.05) is 11.8 Å². The summed E-state index contributed by atoms with van der Waals surface area (Å²) in [5.74, 6) is 4.14. The molecule has 1 unspecified atom stereocenters. The van der Waals surface area contributed by atoms with Gasteiger partial charge in [-0.3, -0.25) is 0 Å². The summed E-state index contributed by atoms with van der Waals surface area (Å²) in [7, 11) is 0. The van der Waals surface area contributed by atoms with E-state index in [0.717, 1.165) is 18.3 Å². The molecule has 0 saturated carbocycles. The van der Waals surface area contributed by atoms with Crippen molar-refractivity contribution in [3.05, 3.63) is 17.5 Å². The highest BCUT2D eigenvalue weighted by molar-refractivity contribution is 7.99. The van der Waals surface area contributed by atoms with Gasteiger partial charge in [-0.25, -0.2) is 9.97 Å². The molecule has 3 nitrogen and oxygen atoms in total. The first kappa shape index (κ1) is 10.1. The zero-order valence-electron chi connectivity index (χ0n) is 7.74. The standard InChI is InChI=1S/C9H12ClN3S/c10-8-3-9(13-6-12-8)11-4-7-1-2-14-5-7/h3,6-7H,1-2,4-5H2,(H,11,12,13). The lowest BCUT2D eigenvalue weighted by Gasteiger charge is -2.09. The Labute approximate surface area is 92.7 Å². The molecular weight excluding hydrogens is 218 g/mol. The summed E-state index contributed by atoms with van der Waals surface area (Å²) in [6.45, 7) is 0.986. The van der Waals surface area contributed by atoms with Gasteiger partial charge in [-0.1, -0.05) is 11.6 Å². The third kappa shape index (κ3) is 2.75. The normalized spacial score (nSPS) is 21.1. The molecule has 1 aliphatic rings. The van der Waals surface area contributed by atoms with Crippen LogP contribution in [0.3, 0.4) is 0 Å². The third-order valence-corrected chi connectivity index (χ3v) is 3.67. The van der Waals surface area contributed by atoms with E-state index >= 15 is 0 Å².